The molecule has 0 radical (unpaired) electrons. The Balaban J connectivity index is 0.000000313. The minimum absolute atomic E-state index is 0.0683. The van der Waals surface area contributed by atoms with Gasteiger partial charge in [-0.1, -0.05) is 41.4 Å². The van der Waals surface area contributed by atoms with E-state index in [1.165, 1.54) is 12.1 Å². The Morgan fingerprint density at radius 2 is 1.65 bits per heavy atom. The maximum Gasteiger partial charge on any atom is 0.397 e. The van der Waals surface area contributed by atoms with E-state index in [-0.39, 0.29) is 13.2 Å². The Bertz CT molecular complexity index is 706. The first-order valence-electron chi connectivity index (χ1n) is 6.21. The number of aromatic hydroxyl groups is 1. The molecule has 0 aromatic heterocycles. The normalized spacial score (nSPS) is 10.6. The number of phenols is 1. The van der Waals surface area contributed by atoms with Gasteiger partial charge in [-0.3, -0.25) is 4.55 Å². The fourth-order valence-corrected chi connectivity index (χ4v) is 2.05. The van der Waals surface area contributed by atoms with E-state index in [1.807, 2.05) is 6.07 Å². The van der Waals surface area contributed by atoms with Crippen LogP contribution in [0.4, 0.5) is 0 Å². The number of rotatable bonds is 5. The highest BCUT2D eigenvalue weighted by Gasteiger charge is 2.05. The predicted octanol–water partition coefficient (Wildman–Crippen LogP) is 3.58. The highest BCUT2D eigenvalue weighted by molar-refractivity contribution is 7.80. The van der Waals surface area contributed by atoms with Crippen molar-refractivity contribution in [3.8, 4) is 11.5 Å². The van der Waals surface area contributed by atoms with E-state index in [1.54, 1.807) is 30.3 Å². The zero-order valence-corrected chi connectivity index (χ0v) is 14.1. The Morgan fingerprint density at radius 3 is 2.13 bits per heavy atom. The lowest BCUT2D eigenvalue weighted by Gasteiger charge is -2.07. The molecular weight excluding hydrogens is 367 g/mol. The van der Waals surface area contributed by atoms with Gasteiger partial charge in [-0.2, -0.15) is 8.42 Å². The van der Waals surface area contributed by atoms with Crippen molar-refractivity contribution < 1.29 is 27.0 Å². The molecule has 0 spiro atoms. The fraction of sp³-hybridized carbons (Fsp3) is 0.143. The van der Waals surface area contributed by atoms with Gasteiger partial charge in [0.1, 0.15) is 24.7 Å². The SMILES string of the molecule is O=S(=O)(O)OCCOc1ccc(Cl)cc1Cl.Oc1ccccc1. The average Bonchev–Trinajstić information content (AvgIpc) is 2.46. The van der Waals surface area contributed by atoms with Gasteiger partial charge in [-0.05, 0) is 30.3 Å². The number of hydrogen-bond donors (Lipinski definition) is 2. The average molecular weight is 381 g/mol. The summed E-state index contributed by atoms with van der Waals surface area (Å²) in [5.74, 6) is 0.674. The lowest BCUT2D eigenvalue weighted by Crippen LogP contribution is -2.11. The van der Waals surface area contributed by atoms with Gasteiger partial charge in [0, 0.05) is 5.02 Å². The third-order valence-electron chi connectivity index (χ3n) is 2.22. The molecule has 6 nitrogen and oxygen atoms in total. The van der Waals surface area contributed by atoms with Gasteiger partial charge in [0.25, 0.3) is 0 Å². The minimum atomic E-state index is -4.43. The first-order chi connectivity index (χ1) is 10.8. The Kier molecular flexibility index (Phi) is 8.15. The van der Waals surface area contributed by atoms with E-state index in [0.717, 1.165) is 0 Å². The molecule has 0 heterocycles. The van der Waals surface area contributed by atoms with Crippen molar-refractivity contribution in [1.82, 2.24) is 0 Å². The van der Waals surface area contributed by atoms with Crippen LogP contribution in [0.1, 0.15) is 0 Å². The van der Waals surface area contributed by atoms with Crippen LogP contribution in [0.15, 0.2) is 48.5 Å². The zero-order valence-electron chi connectivity index (χ0n) is 11.7. The summed E-state index contributed by atoms with van der Waals surface area (Å²) in [6.07, 6.45) is 0. The second-order valence-corrected chi connectivity index (χ2v) is 5.94. The zero-order chi connectivity index (χ0) is 17.3. The van der Waals surface area contributed by atoms with Crippen molar-refractivity contribution in [2.45, 2.75) is 0 Å². The quantitative estimate of drug-likeness (QED) is 0.608. The lowest BCUT2D eigenvalue weighted by atomic mass is 10.3. The molecule has 0 atom stereocenters. The summed E-state index contributed by atoms with van der Waals surface area (Å²) in [7, 11) is -4.43. The third-order valence-corrected chi connectivity index (χ3v) is 3.22. The van der Waals surface area contributed by atoms with Gasteiger partial charge in [0.05, 0.1) is 5.02 Å². The summed E-state index contributed by atoms with van der Waals surface area (Å²) in [6, 6.07) is 13.3. The van der Waals surface area contributed by atoms with Gasteiger partial charge in [-0.25, -0.2) is 4.18 Å². The molecule has 9 heteroatoms. The maximum atomic E-state index is 10.2. The molecule has 23 heavy (non-hydrogen) atoms. The monoisotopic (exact) mass is 380 g/mol. The molecule has 0 aliphatic rings. The molecule has 0 unspecified atom stereocenters. The van der Waals surface area contributed by atoms with Crippen molar-refractivity contribution in [2.24, 2.45) is 0 Å². The van der Waals surface area contributed by atoms with Gasteiger partial charge in [0.15, 0.2) is 0 Å². The summed E-state index contributed by atoms with van der Waals surface area (Å²) in [4.78, 5) is 0. The molecule has 0 saturated heterocycles. The van der Waals surface area contributed by atoms with E-state index in [9.17, 15) is 8.42 Å². The third kappa shape index (κ3) is 9.27. The van der Waals surface area contributed by atoms with E-state index < -0.39 is 10.4 Å². The van der Waals surface area contributed by atoms with Crippen LogP contribution in [0.3, 0.4) is 0 Å². The molecule has 126 valence electrons. The Hall–Kier alpha value is -1.51. The van der Waals surface area contributed by atoms with Crippen LogP contribution in [0.25, 0.3) is 0 Å². The van der Waals surface area contributed by atoms with Gasteiger partial charge in [-0.15, -0.1) is 0 Å². The minimum Gasteiger partial charge on any atom is -0.508 e. The maximum absolute atomic E-state index is 10.2. The summed E-state index contributed by atoms with van der Waals surface area (Å²) in [5.41, 5.74) is 0. The fourth-order valence-electron chi connectivity index (χ4n) is 1.31. The number of para-hydroxylation sites is 1. The topological polar surface area (TPSA) is 93.1 Å². The van der Waals surface area contributed by atoms with Crippen molar-refractivity contribution in [2.75, 3.05) is 13.2 Å². The molecule has 0 aliphatic heterocycles. The van der Waals surface area contributed by atoms with Gasteiger partial charge < -0.3 is 9.84 Å². The van der Waals surface area contributed by atoms with Crippen LogP contribution in [0.5, 0.6) is 11.5 Å². The van der Waals surface area contributed by atoms with Crippen LogP contribution in [0, 0.1) is 0 Å². The smallest absolute Gasteiger partial charge is 0.397 e. The van der Waals surface area contributed by atoms with E-state index >= 15 is 0 Å². The van der Waals surface area contributed by atoms with Crippen LogP contribution in [0.2, 0.25) is 10.0 Å². The van der Waals surface area contributed by atoms with E-state index in [2.05, 4.69) is 4.18 Å². The molecule has 2 aromatic rings. The van der Waals surface area contributed by atoms with Crippen molar-refractivity contribution in [3.05, 3.63) is 58.6 Å². The van der Waals surface area contributed by atoms with E-state index in [4.69, 9.17) is 37.6 Å². The summed E-state index contributed by atoms with van der Waals surface area (Å²) < 4.78 is 37.8. The highest BCUT2D eigenvalue weighted by atomic mass is 35.5. The molecule has 0 aliphatic carbocycles. The van der Waals surface area contributed by atoms with E-state index in [0.29, 0.717) is 21.5 Å². The number of ether oxygens (including phenoxy) is 1. The predicted molar refractivity (Wildman–Crippen MR) is 87.6 cm³/mol. The number of halogens is 2. The van der Waals surface area contributed by atoms with Gasteiger partial charge >= 0.3 is 10.4 Å². The largest absolute Gasteiger partial charge is 0.508 e. The van der Waals surface area contributed by atoms with Crippen molar-refractivity contribution in [3.63, 3.8) is 0 Å². The molecular formula is C14H14Cl2O6S. The van der Waals surface area contributed by atoms with Gasteiger partial charge in [0.2, 0.25) is 0 Å². The Labute approximate surface area is 144 Å². The van der Waals surface area contributed by atoms with Crippen molar-refractivity contribution in [1.29, 1.82) is 0 Å². The molecule has 0 bridgehead atoms. The summed E-state index contributed by atoms with van der Waals surface area (Å²) in [5, 5.41) is 9.40. The molecule has 2 rings (SSSR count). The standard InChI is InChI=1S/C8H8Cl2O5S.C6H6O/c9-6-1-2-8(7(10)5-6)14-3-4-15-16(11,12)13;7-6-4-2-1-3-5-6/h1-2,5H,3-4H2,(H,11,12,13);1-5,7H. The second-order valence-electron chi connectivity index (χ2n) is 4.01. The van der Waals surface area contributed by atoms with Crippen LogP contribution < -0.4 is 4.74 Å². The van der Waals surface area contributed by atoms with Crippen molar-refractivity contribution >= 4 is 33.6 Å². The summed E-state index contributed by atoms with van der Waals surface area (Å²) >= 11 is 11.4. The molecule has 0 amide bonds. The first kappa shape index (κ1) is 19.5. The van der Waals surface area contributed by atoms with Crippen LogP contribution >= 0.6 is 23.2 Å². The Morgan fingerprint density at radius 1 is 1.00 bits per heavy atom. The number of hydrogen-bond acceptors (Lipinski definition) is 5. The van der Waals surface area contributed by atoms with Crippen LogP contribution in [-0.4, -0.2) is 31.3 Å². The first-order valence-corrected chi connectivity index (χ1v) is 8.34. The van der Waals surface area contributed by atoms with Crippen LogP contribution in [-0.2, 0) is 14.6 Å². The second kappa shape index (κ2) is 9.59. The molecule has 2 N–H and O–H groups in total. The molecule has 2 aromatic carbocycles. The highest BCUT2D eigenvalue weighted by Crippen LogP contribution is 2.27. The molecule has 0 saturated carbocycles. The lowest BCUT2D eigenvalue weighted by molar-refractivity contribution is 0.202. The number of phenolic OH excluding ortho intramolecular Hbond substituents is 1. The summed E-state index contributed by atoms with van der Waals surface area (Å²) in [6.45, 7) is -0.376. The molecule has 0 fully saturated rings. The number of benzene rings is 2.